The fraction of sp³-hybridized carbons (Fsp3) is 0.0476. The van der Waals surface area contributed by atoms with E-state index in [-0.39, 0.29) is 5.56 Å². The number of hydrogen-bond donors (Lipinski definition) is 1. The highest BCUT2D eigenvalue weighted by molar-refractivity contribution is 6.30. The first kappa shape index (κ1) is 18.6. The fourth-order valence-electron chi connectivity index (χ4n) is 2.26. The molecule has 0 saturated heterocycles. The van der Waals surface area contributed by atoms with Gasteiger partial charge in [0.1, 0.15) is 18.2 Å². The molecule has 136 valence electrons. The van der Waals surface area contributed by atoms with E-state index in [0.717, 1.165) is 17.2 Å². The minimum Gasteiger partial charge on any atom is -0.489 e. The average molecular weight is 383 g/mol. The zero-order valence-corrected chi connectivity index (χ0v) is 15.0. The Labute approximate surface area is 161 Å². The molecule has 3 aromatic rings. The number of amides is 1. The molecule has 1 amide bonds. The van der Waals surface area contributed by atoms with Crippen LogP contribution in [0.25, 0.3) is 0 Å². The monoisotopic (exact) mass is 382 g/mol. The highest BCUT2D eigenvalue weighted by Crippen LogP contribution is 2.15. The summed E-state index contributed by atoms with van der Waals surface area (Å²) in [6.07, 6.45) is 1.50. The van der Waals surface area contributed by atoms with Crippen LogP contribution < -0.4 is 10.2 Å². The lowest BCUT2D eigenvalue weighted by Crippen LogP contribution is -2.17. The molecule has 4 nitrogen and oxygen atoms in total. The van der Waals surface area contributed by atoms with Gasteiger partial charge in [-0.05, 0) is 65.7 Å². The minimum absolute atomic E-state index is 0.207. The van der Waals surface area contributed by atoms with Crippen LogP contribution in [0.15, 0.2) is 77.9 Å². The van der Waals surface area contributed by atoms with Gasteiger partial charge in [0.05, 0.1) is 6.21 Å². The Morgan fingerprint density at radius 3 is 2.52 bits per heavy atom. The second kappa shape index (κ2) is 8.96. The van der Waals surface area contributed by atoms with Crippen LogP contribution in [0.5, 0.6) is 5.75 Å². The van der Waals surface area contributed by atoms with E-state index in [1.165, 1.54) is 24.4 Å². The third kappa shape index (κ3) is 5.66. The number of benzene rings is 3. The van der Waals surface area contributed by atoms with Gasteiger partial charge in [0.2, 0.25) is 0 Å². The lowest BCUT2D eigenvalue weighted by molar-refractivity contribution is 0.0954. The summed E-state index contributed by atoms with van der Waals surface area (Å²) in [6.45, 7) is 0.439. The molecule has 0 aromatic heterocycles. The van der Waals surface area contributed by atoms with E-state index in [1.807, 2.05) is 48.5 Å². The SMILES string of the molecule is O=C(NN=Cc1ccc(OCc2ccc(Cl)cc2)cc1)c1cccc(F)c1. The van der Waals surface area contributed by atoms with E-state index in [1.54, 1.807) is 0 Å². The number of nitrogens with zero attached hydrogens (tertiary/aromatic N) is 1. The lowest BCUT2D eigenvalue weighted by Gasteiger charge is -2.06. The van der Waals surface area contributed by atoms with Crippen molar-refractivity contribution in [1.82, 2.24) is 5.43 Å². The Morgan fingerprint density at radius 1 is 1.07 bits per heavy atom. The van der Waals surface area contributed by atoms with Crippen LogP contribution in [-0.4, -0.2) is 12.1 Å². The van der Waals surface area contributed by atoms with Crippen molar-refractivity contribution in [2.24, 2.45) is 5.10 Å². The number of hydrogen-bond acceptors (Lipinski definition) is 3. The second-order valence-electron chi connectivity index (χ2n) is 5.69. The van der Waals surface area contributed by atoms with E-state index in [4.69, 9.17) is 16.3 Å². The number of nitrogens with one attached hydrogen (secondary N) is 1. The molecule has 1 N–H and O–H groups in total. The number of halogens is 2. The summed E-state index contributed by atoms with van der Waals surface area (Å²) in [4.78, 5) is 11.9. The zero-order valence-electron chi connectivity index (χ0n) is 14.2. The van der Waals surface area contributed by atoms with Crippen molar-refractivity contribution < 1.29 is 13.9 Å². The molecule has 0 aliphatic heterocycles. The molecule has 0 fully saturated rings. The van der Waals surface area contributed by atoms with Crippen molar-refractivity contribution >= 4 is 23.7 Å². The predicted octanol–water partition coefficient (Wildman–Crippen LogP) is 4.82. The van der Waals surface area contributed by atoms with Crippen LogP contribution >= 0.6 is 11.6 Å². The van der Waals surface area contributed by atoms with Gasteiger partial charge in [-0.25, -0.2) is 9.82 Å². The molecule has 0 aliphatic rings. The lowest BCUT2D eigenvalue weighted by atomic mass is 10.2. The summed E-state index contributed by atoms with van der Waals surface area (Å²) in [5.41, 5.74) is 4.37. The Bertz CT molecular complexity index is 941. The molecule has 0 aliphatic carbocycles. The quantitative estimate of drug-likeness (QED) is 0.490. The molecule has 0 heterocycles. The highest BCUT2D eigenvalue weighted by atomic mass is 35.5. The van der Waals surface area contributed by atoms with Crippen molar-refractivity contribution in [3.63, 3.8) is 0 Å². The van der Waals surface area contributed by atoms with Crippen LogP contribution in [0, 0.1) is 5.82 Å². The molecule has 0 unspecified atom stereocenters. The number of hydrazone groups is 1. The summed E-state index contributed by atoms with van der Waals surface area (Å²) in [7, 11) is 0. The molecule has 0 radical (unpaired) electrons. The van der Waals surface area contributed by atoms with Gasteiger partial charge in [-0.3, -0.25) is 4.79 Å². The molecular formula is C21H16ClFN2O2. The average Bonchev–Trinajstić information content (AvgIpc) is 2.68. The molecule has 0 spiro atoms. The molecule has 3 aromatic carbocycles. The molecule has 0 saturated carbocycles. The van der Waals surface area contributed by atoms with Gasteiger partial charge in [0.15, 0.2) is 0 Å². The van der Waals surface area contributed by atoms with Gasteiger partial charge < -0.3 is 4.74 Å². The van der Waals surface area contributed by atoms with Crippen molar-refractivity contribution in [1.29, 1.82) is 0 Å². The van der Waals surface area contributed by atoms with Crippen molar-refractivity contribution in [3.05, 3.63) is 100 Å². The summed E-state index contributed by atoms with van der Waals surface area (Å²) >= 11 is 5.85. The number of carbonyl (C=O) groups excluding carboxylic acids is 1. The van der Waals surface area contributed by atoms with Gasteiger partial charge in [0.25, 0.3) is 5.91 Å². The Kier molecular flexibility index (Phi) is 6.18. The van der Waals surface area contributed by atoms with Crippen LogP contribution in [-0.2, 0) is 6.61 Å². The maximum atomic E-state index is 13.1. The Morgan fingerprint density at radius 2 is 1.81 bits per heavy atom. The summed E-state index contributed by atoms with van der Waals surface area (Å²) < 4.78 is 18.8. The molecule has 6 heteroatoms. The van der Waals surface area contributed by atoms with Gasteiger partial charge >= 0.3 is 0 Å². The molecule has 3 rings (SSSR count). The maximum absolute atomic E-state index is 13.1. The molecule has 27 heavy (non-hydrogen) atoms. The van der Waals surface area contributed by atoms with Crippen LogP contribution in [0.3, 0.4) is 0 Å². The third-order valence-corrected chi connectivity index (χ3v) is 3.92. The van der Waals surface area contributed by atoms with E-state index >= 15 is 0 Å². The number of rotatable bonds is 6. The molecular weight excluding hydrogens is 367 g/mol. The fourth-order valence-corrected chi connectivity index (χ4v) is 2.38. The Hall–Kier alpha value is -3.18. The van der Waals surface area contributed by atoms with Crippen LogP contribution in [0.2, 0.25) is 5.02 Å². The highest BCUT2D eigenvalue weighted by Gasteiger charge is 2.04. The van der Waals surface area contributed by atoms with Gasteiger partial charge in [-0.1, -0.05) is 29.8 Å². The van der Waals surface area contributed by atoms with Crippen molar-refractivity contribution in [2.45, 2.75) is 6.61 Å². The zero-order chi connectivity index (χ0) is 19.1. The number of carbonyl (C=O) groups is 1. The normalized spacial score (nSPS) is 10.7. The van der Waals surface area contributed by atoms with Crippen molar-refractivity contribution in [3.8, 4) is 5.75 Å². The van der Waals surface area contributed by atoms with E-state index < -0.39 is 11.7 Å². The first-order valence-corrected chi connectivity index (χ1v) is 8.54. The Balaban J connectivity index is 1.51. The first-order chi connectivity index (χ1) is 13.1. The molecule has 0 atom stereocenters. The van der Waals surface area contributed by atoms with Gasteiger partial charge in [0, 0.05) is 10.6 Å². The molecule has 0 bridgehead atoms. The van der Waals surface area contributed by atoms with E-state index in [0.29, 0.717) is 17.4 Å². The second-order valence-corrected chi connectivity index (χ2v) is 6.13. The van der Waals surface area contributed by atoms with E-state index in [2.05, 4.69) is 10.5 Å². The summed E-state index contributed by atoms with van der Waals surface area (Å²) in [6, 6.07) is 20.1. The third-order valence-electron chi connectivity index (χ3n) is 3.67. The summed E-state index contributed by atoms with van der Waals surface area (Å²) in [5, 5.41) is 4.57. The van der Waals surface area contributed by atoms with Crippen LogP contribution in [0.1, 0.15) is 21.5 Å². The van der Waals surface area contributed by atoms with Crippen LogP contribution in [0.4, 0.5) is 4.39 Å². The van der Waals surface area contributed by atoms with Gasteiger partial charge in [-0.15, -0.1) is 0 Å². The smallest absolute Gasteiger partial charge is 0.271 e. The van der Waals surface area contributed by atoms with Crippen molar-refractivity contribution in [2.75, 3.05) is 0 Å². The standard InChI is InChI=1S/C21H16ClFN2O2/c22-18-8-4-16(5-9-18)14-27-20-10-6-15(7-11-20)13-24-25-21(26)17-2-1-3-19(23)12-17/h1-13H,14H2,(H,25,26). The minimum atomic E-state index is -0.478. The summed E-state index contributed by atoms with van der Waals surface area (Å²) in [5.74, 6) is -0.236. The predicted molar refractivity (Wildman–Crippen MR) is 104 cm³/mol. The maximum Gasteiger partial charge on any atom is 0.271 e. The van der Waals surface area contributed by atoms with Gasteiger partial charge in [-0.2, -0.15) is 5.10 Å². The largest absolute Gasteiger partial charge is 0.489 e. The van der Waals surface area contributed by atoms with E-state index in [9.17, 15) is 9.18 Å². The number of ether oxygens (including phenoxy) is 1. The first-order valence-electron chi connectivity index (χ1n) is 8.16. The topological polar surface area (TPSA) is 50.7 Å².